The summed E-state index contributed by atoms with van der Waals surface area (Å²) in [5.41, 5.74) is 0. The third-order valence-corrected chi connectivity index (χ3v) is 5.87. The van der Waals surface area contributed by atoms with Crippen molar-refractivity contribution in [2.45, 2.75) is 103 Å². The molecular formula is C18H32F9NO3S. The Morgan fingerprint density at radius 3 is 1.47 bits per heavy atom. The Morgan fingerprint density at radius 2 is 1.22 bits per heavy atom. The van der Waals surface area contributed by atoms with Crippen LogP contribution in [-0.4, -0.2) is 54.9 Å². The maximum absolute atomic E-state index is 12.2. The van der Waals surface area contributed by atoms with Gasteiger partial charge in [-0.1, -0.05) is 26.7 Å². The summed E-state index contributed by atoms with van der Waals surface area (Å²) >= 11 is 0. The van der Waals surface area contributed by atoms with Gasteiger partial charge in [-0.05, 0) is 40.5 Å². The lowest BCUT2D eigenvalue weighted by atomic mass is 9.97. The van der Waals surface area contributed by atoms with E-state index in [1.165, 1.54) is 32.2 Å². The predicted octanol–water partition coefficient (Wildman–Crippen LogP) is 4.86. The number of unbranched alkanes of at least 4 members (excludes halogenated alkanes) is 1. The highest BCUT2D eigenvalue weighted by atomic mass is 32.2. The molecule has 0 aromatic heterocycles. The molecule has 0 aliphatic carbocycles. The topological polar surface area (TPSA) is 61.6 Å². The second kappa shape index (κ2) is 12.1. The lowest BCUT2D eigenvalue weighted by Gasteiger charge is -2.34. The highest BCUT2D eigenvalue weighted by Gasteiger charge is 2.83. The maximum Gasteiger partial charge on any atom is 0.460 e. The second-order valence-corrected chi connectivity index (χ2v) is 9.54. The molecule has 1 unspecified atom stereocenters. The van der Waals surface area contributed by atoms with Crippen LogP contribution in [-0.2, 0) is 10.1 Å². The first-order valence-corrected chi connectivity index (χ1v) is 11.4. The average molecular weight is 514 g/mol. The molecule has 0 aromatic rings. The normalized spacial score (nSPS) is 15.2. The van der Waals surface area contributed by atoms with Crippen LogP contribution in [0.25, 0.3) is 0 Å². The summed E-state index contributed by atoms with van der Waals surface area (Å²) in [7, 11) is -7.42. The second-order valence-electron chi connectivity index (χ2n) is 8.12. The average Bonchev–Trinajstić information content (AvgIpc) is 2.59. The summed E-state index contributed by atoms with van der Waals surface area (Å²) in [6.07, 6.45) is -1.64. The fourth-order valence-corrected chi connectivity index (χ4v) is 3.37. The molecule has 0 bridgehead atoms. The number of halogens is 9. The standard InChI is InChI=1S/C14H31N.C4HF9O3S/c1-7-9-10-14(8-2)11-15(12(3)4)13(5)6;5-1(6,3(9,10)11)2(7,8)4(12,13)17(14,15)16/h12-14H,7-11H2,1-6H3;(H,14,15,16). The van der Waals surface area contributed by atoms with Crippen molar-refractivity contribution in [3.8, 4) is 0 Å². The Kier molecular flexibility index (Phi) is 12.6. The fraction of sp³-hybridized carbons (Fsp3) is 1.00. The molecule has 0 saturated heterocycles. The van der Waals surface area contributed by atoms with E-state index < -0.39 is 33.4 Å². The molecule has 0 aliphatic heterocycles. The zero-order valence-electron chi connectivity index (χ0n) is 18.8. The smallest absolute Gasteiger partial charge is 0.460 e. The number of hydrogen-bond acceptors (Lipinski definition) is 3. The van der Waals surface area contributed by atoms with E-state index in [1.54, 1.807) is 4.90 Å². The van der Waals surface area contributed by atoms with Gasteiger partial charge < -0.3 is 9.45 Å². The van der Waals surface area contributed by atoms with Crippen LogP contribution in [0.1, 0.15) is 67.2 Å². The van der Waals surface area contributed by atoms with E-state index in [1.807, 2.05) is 0 Å². The van der Waals surface area contributed by atoms with Gasteiger partial charge in [0, 0.05) is 5.92 Å². The van der Waals surface area contributed by atoms with Crippen LogP contribution in [0.5, 0.6) is 0 Å². The number of hydrogen-bond donors (Lipinski definition) is 1. The molecule has 0 radical (unpaired) electrons. The summed E-state index contributed by atoms with van der Waals surface area (Å²) in [4.78, 5) is 1.78. The van der Waals surface area contributed by atoms with Crippen molar-refractivity contribution in [1.29, 1.82) is 0 Å². The number of rotatable bonds is 11. The molecular weight excluding hydrogens is 481 g/mol. The highest BCUT2D eigenvalue weighted by Crippen LogP contribution is 2.54. The van der Waals surface area contributed by atoms with Crippen LogP contribution in [0.4, 0.5) is 39.5 Å². The van der Waals surface area contributed by atoms with Gasteiger partial charge in [0.25, 0.3) is 0 Å². The molecule has 0 amide bonds. The predicted molar refractivity (Wildman–Crippen MR) is 100 cm³/mol. The maximum atomic E-state index is 12.2. The van der Waals surface area contributed by atoms with Crippen molar-refractivity contribution < 1.29 is 57.4 Å². The van der Waals surface area contributed by atoms with E-state index in [0.29, 0.717) is 0 Å². The van der Waals surface area contributed by atoms with Crippen molar-refractivity contribution in [2.75, 3.05) is 6.54 Å². The quantitative estimate of drug-likeness (QED) is 0.317. The van der Waals surface area contributed by atoms with E-state index in [2.05, 4.69) is 41.5 Å². The number of nitrogens with one attached hydrogen (secondary N) is 1. The lowest BCUT2D eigenvalue weighted by Crippen LogP contribution is -3.18. The van der Waals surface area contributed by atoms with Gasteiger partial charge in [-0.2, -0.15) is 39.5 Å². The molecule has 0 aromatic carbocycles. The number of quaternary nitrogens is 1. The van der Waals surface area contributed by atoms with Gasteiger partial charge >= 0.3 is 23.3 Å². The third-order valence-electron chi connectivity index (χ3n) is 4.98. The van der Waals surface area contributed by atoms with E-state index in [9.17, 15) is 52.5 Å². The Bertz CT molecular complexity index is 643. The van der Waals surface area contributed by atoms with Gasteiger partial charge in [-0.25, -0.2) is 8.42 Å². The molecule has 0 spiro atoms. The molecule has 0 rings (SSSR count). The van der Waals surface area contributed by atoms with E-state index in [4.69, 9.17) is 0 Å². The van der Waals surface area contributed by atoms with Crippen molar-refractivity contribution in [3.05, 3.63) is 0 Å². The molecule has 1 N–H and O–H groups in total. The van der Waals surface area contributed by atoms with E-state index in [-0.39, 0.29) is 0 Å². The van der Waals surface area contributed by atoms with Gasteiger partial charge in [0.05, 0.1) is 18.6 Å². The Labute approximate surface area is 183 Å². The summed E-state index contributed by atoms with van der Waals surface area (Å²) in [6, 6.07) is 1.53. The molecule has 0 saturated carbocycles. The van der Waals surface area contributed by atoms with Crippen molar-refractivity contribution in [1.82, 2.24) is 0 Å². The minimum Gasteiger partial charge on any atom is -0.743 e. The van der Waals surface area contributed by atoms with Crippen LogP contribution >= 0.6 is 0 Å². The largest absolute Gasteiger partial charge is 0.743 e. The lowest BCUT2D eigenvalue weighted by molar-refractivity contribution is -0.945. The first kappa shape index (κ1) is 33.4. The monoisotopic (exact) mass is 513 g/mol. The molecule has 0 heterocycles. The van der Waals surface area contributed by atoms with E-state index >= 15 is 0 Å². The first-order chi connectivity index (χ1) is 14.0. The molecule has 196 valence electrons. The molecule has 32 heavy (non-hydrogen) atoms. The van der Waals surface area contributed by atoms with Gasteiger partial charge in [0.1, 0.15) is 0 Å². The third kappa shape index (κ3) is 8.23. The molecule has 0 aliphatic rings. The summed E-state index contributed by atoms with van der Waals surface area (Å²) in [5.74, 6) is -13.9. The molecule has 1 atom stereocenters. The molecule has 4 nitrogen and oxygen atoms in total. The highest BCUT2D eigenvalue weighted by molar-refractivity contribution is 7.86. The Morgan fingerprint density at radius 1 is 0.812 bits per heavy atom. The van der Waals surface area contributed by atoms with Crippen LogP contribution < -0.4 is 4.90 Å². The van der Waals surface area contributed by atoms with Gasteiger partial charge in [0.15, 0.2) is 10.1 Å². The minimum absolute atomic E-state index is 0.765. The minimum atomic E-state index is -7.43. The number of alkyl halides is 9. The zero-order chi connectivity index (χ0) is 26.3. The Balaban J connectivity index is 0. The zero-order valence-corrected chi connectivity index (χ0v) is 19.6. The van der Waals surface area contributed by atoms with Crippen LogP contribution in [0.3, 0.4) is 0 Å². The van der Waals surface area contributed by atoms with Crippen molar-refractivity contribution in [3.63, 3.8) is 0 Å². The van der Waals surface area contributed by atoms with Gasteiger partial charge in [-0.15, -0.1) is 0 Å². The van der Waals surface area contributed by atoms with Crippen molar-refractivity contribution in [2.24, 2.45) is 5.92 Å². The molecule has 14 heteroatoms. The van der Waals surface area contributed by atoms with Gasteiger partial charge in [-0.3, -0.25) is 0 Å². The first-order valence-electron chi connectivity index (χ1n) is 10.0. The summed E-state index contributed by atoms with van der Waals surface area (Å²) in [5, 5.41) is -7.11. The Hall–Kier alpha value is -0.760. The summed E-state index contributed by atoms with van der Waals surface area (Å²) < 4.78 is 135. The molecule has 0 fully saturated rings. The van der Waals surface area contributed by atoms with Crippen LogP contribution in [0, 0.1) is 5.92 Å². The fourth-order valence-electron chi connectivity index (χ4n) is 2.93. The summed E-state index contributed by atoms with van der Waals surface area (Å²) in [6.45, 7) is 15.4. The SMILES string of the molecule is CCCCC(CC)C[NH+](C(C)C)C(C)C.O=S(=O)([O-])C(F)(F)C(F)(F)C(F)(F)C(F)(F)F. The van der Waals surface area contributed by atoms with Gasteiger partial charge in [0.2, 0.25) is 0 Å². The van der Waals surface area contributed by atoms with Crippen molar-refractivity contribution >= 4 is 10.1 Å². The van der Waals surface area contributed by atoms with Crippen LogP contribution in [0.15, 0.2) is 0 Å². The van der Waals surface area contributed by atoms with E-state index in [0.717, 1.165) is 18.0 Å². The van der Waals surface area contributed by atoms with Crippen LogP contribution in [0.2, 0.25) is 0 Å².